The summed E-state index contributed by atoms with van der Waals surface area (Å²) in [6.07, 6.45) is 16.2. The average molecular weight is 478 g/mol. The third-order valence-corrected chi connectivity index (χ3v) is 6.03. The molecule has 2 saturated carbocycles. The molecule has 0 saturated heterocycles. The van der Waals surface area contributed by atoms with Crippen molar-refractivity contribution in [1.82, 2.24) is 0 Å². The first-order valence-electron chi connectivity index (χ1n) is 10.1. The van der Waals surface area contributed by atoms with E-state index in [2.05, 4.69) is 31.4 Å². The maximum absolute atomic E-state index is 6.27. The van der Waals surface area contributed by atoms with Crippen molar-refractivity contribution >= 4 is 8.38 Å². The smallest absolute Gasteiger partial charge is 0.438 e. The van der Waals surface area contributed by atoms with Crippen LogP contribution >= 0.6 is 8.38 Å². The van der Waals surface area contributed by atoms with E-state index in [1.54, 1.807) is 0 Å². The van der Waals surface area contributed by atoms with E-state index < -0.39 is 8.38 Å². The van der Waals surface area contributed by atoms with Gasteiger partial charge in [-0.15, -0.1) is 0 Å². The Morgan fingerprint density at radius 3 is 1.38 bits per heavy atom. The maximum atomic E-state index is 6.27. The molecule has 0 amide bonds. The third-order valence-electron chi connectivity index (χ3n) is 4.49. The first-order chi connectivity index (χ1) is 15.4. The molecule has 2 aliphatic carbocycles. The van der Waals surface area contributed by atoms with E-state index in [9.17, 15) is 0 Å². The van der Waals surface area contributed by atoms with Crippen molar-refractivity contribution in [3.05, 3.63) is 160 Å². The molecule has 2 nitrogen and oxygen atoms in total. The molecule has 0 bridgehead atoms. The van der Waals surface area contributed by atoms with Gasteiger partial charge in [0.25, 0.3) is 8.38 Å². The second-order valence-corrected chi connectivity index (χ2v) is 8.08. The quantitative estimate of drug-likeness (QED) is 0.274. The standard InChI is InChI=1S/C23H18O2P.C5H5.Fe/c1-4-11-19(12-5-1)22-17-10-18-23(22)26(24-20-13-6-2-7-14-20)25-21-15-8-3-9-16-21;1-2-4-5-3-1;/h1-18H;1-5H;/q;;+2. The van der Waals surface area contributed by atoms with Crippen molar-refractivity contribution in [2.24, 2.45) is 0 Å². The van der Waals surface area contributed by atoms with Crippen LogP contribution in [0.25, 0.3) is 0 Å². The summed E-state index contributed by atoms with van der Waals surface area (Å²) in [5.41, 5.74) is 2.23. The number of hydrogen-bond donors (Lipinski definition) is 0. The summed E-state index contributed by atoms with van der Waals surface area (Å²) >= 11 is 0. The SMILES string of the molecule is [CH]1[CH][CH][CH][CH]1.[CH]1[CH][C](c2ccccc2)[C](P(Oc2ccccc2)Oc2ccccc2)[CH]1.[Fe+2]. The number of para-hydroxylation sites is 2. The molecule has 5 rings (SSSR count). The molecule has 4 heteroatoms. The van der Waals surface area contributed by atoms with E-state index in [1.165, 1.54) is 0 Å². The van der Waals surface area contributed by atoms with Crippen LogP contribution in [0.5, 0.6) is 11.5 Å². The zero-order valence-electron chi connectivity index (χ0n) is 17.4. The van der Waals surface area contributed by atoms with Crippen molar-refractivity contribution in [3.8, 4) is 11.5 Å². The summed E-state index contributed by atoms with van der Waals surface area (Å²) in [4.78, 5) is 0. The Hall–Kier alpha value is -1.79. The third kappa shape index (κ3) is 7.38. The molecule has 0 N–H and O–H groups in total. The molecule has 3 aromatic carbocycles. The van der Waals surface area contributed by atoms with Crippen LogP contribution in [0.4, 0.5) is 0 Å². The molecule has 10 radical (unpaired) electrons. The zero-order valence-corrected chi connectivity index (χ0v) is 19.4. The summed E-state index contributed by atoms with van der Waals surface area (Å²) < 4.78 is 12.5. The zero-order chi connectivity index (χ0) is 21.1. The van der Waals surface area contributed by atoms with Gasteiger partial charge in [0.2, 0.25) is 0 Å². The molecule has 0 aliphatic heterocycles. The van der Waals surface area contributed by atoms with Crippen molar-refractivity contribution in [1.29, 1.82) is 0 Å². The first kappa shape index (κ1) is 24.8. The minimum Gasteiger partial charge on any atom is -0.438 e. The molecule has 2 aliphatic rings. The van der Waals surface area contributed by atoms with Crippen LogP contribution in [0, 0.1) is 62.9 Å². The van der Waals surface area contributed by atoms with Gasteiger partial charge in [-0.05, 0) is 81.2 Å². The van der Waals surface area contributed by atoms with E-state index in [0.29, 0.717) is 0 Å². The van der Waals surface area contributed by atoms with E-state index in [4.69, 9.17) is 9.05 Å². The van der Waals surface area contributed by atoms with Crippen LogP contribution in [0.15, 0.2) is 91.0 Å². The number of hydrogen-bond acceptors (Lipinski definition) is 2. The van der Waals surface area contributed by atoms with Crippen molar-refractivity contribution < 1.29 is 26.1 Å². The van der Waals surface area contributed by atoms with E-state index in [-0.39, 0.29) is 17.1 Å². The molecule has 0 spiro atoms. The first-order valence-corrected chi connectivity index (χ1v) is 11.3. The fraction of sp³-hybridized carbons (Fsp3) is 0. The Balaban J connectivity index is 0.000000427. The molecule has 0 unspecified atom stereocenters. The Labute approximate surface area is 205 Å². The van der Waals surface area contributed by atoms with Gasteiger partial charge in [0.05, 0.1) is 5.66 Å². The van der Waals surface area contributed by atoms with E-state index in [0.717, 1.165) is 28.6 Å². The Morgan fingerprint density at radius 1 is 0.469 bits per heavy atom. The fourth-order valence-electron chi connectivity index (χ4n) is 3.02. The number of benzene rings is 3. The van der Waals surface area contributed by atoms with Gasteiger partial charge in [-0.3, -0.25) is 0 Å². The molecule has 3 aromatic rings. The summed E-state index contributed by atoms with van der Waals surface area (Å²) in [5, 5.41) is 0. The average Bonchev–Trinajstić information content (AvgIpc) is 3.56. The van der Waals surface area contributed by atoms with Gasteiger partial charge < -0.3 is 9.05 Å². The van der Waals surface area contributed by atoms with Crippen molar-refractivity contribution in [3.63, 3.8) is 0 Å². The molecule has 2 fully saturated rings. The van der Waals surface area contributed by atoms with Crippen molar-refractivity contribution in [2.75, 3.05) is 0 Å². The van der Waals surface area contributed by atoms with Gasteiger partial charge in [-0.25, -0.2) is 0 Å². The van der Waals surface area contributed by atoms with Gasteiger partial charge in [0, 0.05) is 5.92 Å². The van der Waals surface area contributed by atoms with Crippen LogP contribution in [0.3, 0.4) is 0 Å². The van der Waals surface area contributed by atoms with Crippen LogP contribution in [-0.4, -0.2) is 0 Å². The van der Waals surface area contributed by atoms with Crippen LogP contribution in [-0.2, 0) is 17.1 Å². The molecular formula is C28H23FeO2P+2. The summed E-state index contributed by atoms with van der Waals surface area (Å²) in [6.45, 7) is 0. The summed E-state index contributed by atoms with van der Waals surface area (Å²) in [5.74, 6) is 2.74. The Morgan fingerprint density at radius 2 is 0.906 bits per heavy atom. The minimum absolute atomic E-state index is 0. The maximum Gasteiger partial charge on any atom is 2.00 e. The summed E-state index contributed by atoms with van der Waals surface area (Å²) in [7, 11) is -1.32. The second-order valence-electron chi connectivity index (χ2n) is 6.72. The van der Waals surface area contributed by atoms with Gasteiger partial charge in [0.1, 0.15) is 11.5 Å². The predicted molar refractivity (Wildman–Crippen MR) is 127 cm³/mol. The van der Waals surface area contributed by atoms with Gasteiger partial charge >= 0.3 is 17.1 Å². The minimum atomic E-state index is -1.32. The largest absolute Gasteiger partial charge is 2.00 e. The molecule has 0 atom stereocenters. The van der Waals surface area contributed by atoms with Gasteiger partial charge in [0.15, 0.2) is 0 Å². The van der Waals surface area contributed by atoms with E-state index >= 15 is 0 Å². The predicted octanol–water partition coefficient (Wildman–Crippen LogP) is 7.26. The van der Waals surface area contributed by atoms with E-state index in [1.807, 2.05) is 111 Å². The topological polar surface area (TPSA) is 18.5 Å². The Bertz CT molecular complexity index is 823. The van der Waals surface area contributed by atoms with Crippen LogP contribution < -0.4 is 9.05 Å². The van der Waals surface area contributed by atoms with Crippen LogP contribution in [0.1, 0.15) is 5.56 Å². The second kappa shape index (κ2) is 13.7. The summed E-state index contributed by atoms with van der Waals surface area (Å²) in [6, 6.07) is 30.0. The molecule has 32 heavy (non-hydrogen) atoms. The fourth-order valence-corrected chi connectivity index (χ4v) is 4.49. The Kier molecular flexibility index (Phi) is 10.6. The van der Waals surface area contributed by atoms with Gasteiger partial charge in [-0.2, -0.15) is 0 Å². The molecule has 0 heterocycles. The molecule has 0 aromatic heterocycles. The van der Waals surface area contributed by atoms with Crippen LogP contribution in [0.2, 0.25) is 0 Å². The van der Waals surface area contributed by atoms with Gasteiger partial charge in [-0.1, -0.05) is 66.7 Å². The molecular weight excluding hydrogens is 455 g/mol. The van der Waals surface area contributed by atoms with Crippen molar-refractivity contribution in [2.45, 2.75) is 0 Å². The number of rotatable bonds is 6. The monoisotopic (exact) mass is 478 g/mol. The normalized spacial score (nSPS) is 16.2. The molecule has 158 valence electrons.